The summed E-state index contributed by atoms with van der Waals surface area (Å²) in [5, 5.41) is 3.31. The standard InChI is InChI=1S/C23H26N2O2/c1-4-27-18-9-7-8-17(16-18)12-14-23-22(2,3)19-10-5-6-11-20(19)25(23)15-13-21(26)24-23/h5-12,14,16H,4,13,15H2,1-3H3,(H,24,26)/b14-12+. The van der Waals surface area contributed by atoms with Gasteiger partial charge in [0.25, 0.3) is 0 Å². The molecule has 4 rings (SSSR count). The first kappa shape index (κ1) is 17.7. The highest BCUT2D eigenvalue weighted by atomic mass is 16.5. The number of carbonyl (C=O) groups is 1. The highest BCUT2D eigenvalue weighted by Gasteiger charge is 2.57. The molecule has 0 aromatic heterocycles. The van der Waals surface area contributed by atoms with Gasteiger partial charge in [-0.3, -0.25) is 4.79 Å². The van der Waals surface area contributed by atoms with E-state index in [-0.39, 0.29) is 11.3 Å². The molecule has 4 heteroatoms. The zero-order chi connectivity index (χ0) is 19.1. The van der Waals surface area contributed by atoms with Crippen molar-refractivity contribution in [1.82, 2.24) is 5.32 Å². The van der Waals surface area contributed by atoms with E-state index in [1.165, 1.54) is 11.3 Å². The second kappa shape index (κ2) is 6.45. The van der Waals surface area contributed by atoms with Crippen LogP contribution in [0.4, 0.5) is 5.69 Å². The molecule has 1 atom stereocenters. The number of hydrogen-bond donors (Lipinski definition) is 1. The molecular weight excluding hydrogens is 336 g/mol. The van der Waals surface area contributed by atoms with Crippen LogP contribution in [0.25, 0.3) is 6.08 Å². The third-order valence-corrected chi connectivity index (χ3v) is 5.83. The summed E-state index contributed by atoms with van der Waals surface area (Å²) in [6.07, 6.45) is 4.75. The first-order chi connectivity index (χ1) is 13.0. The lowest BCUT2D eigenvalue weighted by molar-refractivity contribution is -0.124. The molecule has 1 saturated heterocycles. The van der Waals surface area contributed by atoms with Crippen LogP contribution >= 0.6 is 0 Å². The number of rotatable bonds is 4. The Hall–Kier alpha value is -2.75. The summed E-state index contributed by atoms with van der Waals surface area (Å²) in [7, 11) is 0. The molecular formula is C23H26N2O2. The SMILES string of the molecule is CCOc1cccc(/C=C/C23NC(=O)CCN2c2ccccc2C3(C)C)c1. The molecule has 1 amide bonds. The molecule has 27 heavy (non-hydrogen) atoms. The molecule has 2 aliphatic rings. The number of hydrogen-bond acceptors (Lipinski definition) is 3. The van der Waals surface area contributed by atoms with Crippen molar-refractivity contribution in [1.29, 1.82) is 0 Å². The molecule has 0 radical (unpaired) electrons. The maximum Gasteiger partial charge on any atom is 0.223 e. The number of carbonyl (C=O) groups excluding carboxylic acids is 1. The molecule has 1 fully saturated rings. The second-order valence-corrected chi connectivity index (χ2v) is 7.70. The van der Waals surface area contributed by atoms with Gasteiger partial charge in [0.15, 0.2) is 0 Å². The first-order valence-electron chi connectivity index (χ1n) is 9.58. The Bertz CT molecular complexity index is 903. The summed E-state index contributed by atoms with van der Waals surface area (Å²) in [5.74, 6) is 0.954. The topological polar surface area (TPSA) is 41.6 Å². The zero-order valence-electron chi connectivity index (χ0n) is 16.2. The van der Waals surface area contributed by atoms with Crippen molar-refractivity contribution in [2.24, 2.45) is 0 Å². The molecule has 0 aliphatic carbocycles. The van der Waals surface area contributed by atoms with Gasteiger partial charge in [-0.15, -0.1) is 0 Å². The van der Waals surface area contributed by atoms with Crippen molar-refractivity contribution < 1.29 is 9.53 Å². The fraction of sp³-hybridized carbons (Fsp3) is 0.348. The molecule has 140 valence electrons. The molecule has 1 unspecified atom stereocenters. The number of ether oxygens (including phenoxy) is 1. The average molecular weight is 362 g/mol. The van der Waals surface area contributed by atoms with Gasteiger partial charge in [0.1, 0.15) is 11.4 Å². The van der Waals surface area contributed by atoms with Gasteiger partial charge in [0, 0.05) is 24.1 Å². The van der Waals surface area contributed by atoms with Gasteiger partial charge >= 0.3 is 0 Å². The minimum atomic E-state index is -0.576. The van der Waals surface area contributed by atoms with Crippen molar-refractivity contribution >= 4 is 17.7 Å². The van der Waals surface area contributed by atoms with Gasteiger partial charge in [-0.1, -0.05) is 50.3 Å². The van der Waals surface area contributed by atoms with Crippen LogP contribution in [0.15, 0.2) is 54.6 Å². The van der Waals surface area contributed by atoms with Crippen LogP contribution in [-0.2, 0) is 10.2 Å². The van der Waals surface area contributed by atoms with Crippen LogP contribution in [0.5, 0.6) is 5.75 Å². The summed E-state index contributed by atoms with van der Waals surface area (Å²) in [6.45, 7) is 7.75. The van der Waals surface area contributed by atoms with Crippen molar-refractivity contribution in [3.05, 3.63) is 65.7 Å². The van der Waals surface area contributed by atoms with Gasteiger partial charge in [-0.05, 0) is 42.3 Å². The van der Waals surface area contributed by atoms with Crippen LogP contribution in [0.1, 0.15) is 38.3 Å². The fourth-order valence-corrected chi connectivity index (χ4v) is 4.41. The molecule has 0 spiro atoms. The van der Waals surface area contributed by atoms with Gasteiger partial charge in [0.2, 0.25) is 5.91 Å². The summed E-state index contributed by atoms with van der Waals surface area (Å²) in [5.41, 5.74) is 2.69. The predicted molar refractivity (Wildman–Crippen MR) is 109 cm³/mol. The Morgan fingerprint density at radius 1 is 1.19 bits per heavy atom. The van der Waals surface area contributed by atoms with Crippen LogP contribution in [0.2, 0.25) is 0 Å². The molecule has 0 saturated carbocycles. The van der Waals surface area contributed by atoms with Gasteiger partial charge in [0.05, 0.1) is 6.61 Å². The van der Waals surface area contributed by atoms with Crippen LogP contribution in [0, 0.1) is 0 Å². The smallest absolute Gasteiger partial charge is 0.223 e. The van der Waals surface area contributed by atoms with Crippen LogP contribution in [0.3, 0.4) is 0 Å². The summed E-state index contributed by atoms with van der Waals surface area (Å²) >= 11 is 0. The Kier molecular flexibility index (Phi) is 4.22. The van der Waals surface area contributed by atoms with Crippen molar-refractivity contribution in [2.75, 3.05) is 18.1 Å². The van der Waals surface area contributed by atoms with E-state index in [1.54, 1.807) is 0 Å². The average Bonchev–Trinajstić information content (AvgIpc) is 2.85. The van der Waals surface area contributed by atoms with Gasteiger partial charge < -0.3 is 15.0 Å². The van der Waals surface area contributed by atoms with E-state index >= 15 is 0 Å². The highest BCUT2D eigenvalue weighted by Crippen LogP contribution is 2.52. The van der Waals surface area contributed by atoms with Crippen molar-refractivity contribution in [2.45, 2.75) is 38.3 Å². The third-order valence-electron chi connectivity index (χ3n) is 5.83. The Morgan fingerprint density at radius 2 is 2.00 bits per heavy atom. The van der Waals surface area contributed by atoms with E-state index in [0.717, 1.165) is 17.9 Å². The number of para-hydroxylation sites is 1. The molecule has 2 aromatic carbocycles. The number of nitrogens with one attached hydrogen (secondary N) is 1. The summed E-state index contributed by atoms with van der Waals surface area (Å²) < 4.78 is 5.62. The minimum absolute atomic E-state index is 0.0971. The largest absolute Gasteiger partial charge is 0.494 e. The Labute approximate surface area is 160 Å². The van der Waals surface area contributed by atoms with E-state index in [9.17, 15) is 4.79 Å². The van der Waals surface area contributed by atoms with E-state index in [4.69, 9.17) is 4.74 Å². The quantitative estimate of drug-likeness (QED) is 0.890. The lowest BCUT2D eigenvalue weighted by Gasteiger charge is -2.49. The van der Waals surface area contributed by atoms with E-state index < -0.39 is 5.66 Å². The molecule has 2 aliphatic heterocycles. The Balaban J connectivity index is 1.78. The van der Waals surface area contributed by atoms with Crippen LogP contribution in [-0.4, -0.2) is 24.7 Å². The van der Waals surface area contributed by atoms with E-state index in [2.05, 4.69) is 66.5 Å². The molecule has 0 bridgehead atoms. The molecule has 2 heterocycles. The Morgan fingerprint density at radius 3 is 2.81 bits per heavy atom. The summed E-state index contributed by atoms with van der Waals surface area (Å²) in [4.78, 5) is 14.7. The number of benzene rings is 2. The molecule has 2 aromatic rings. The van der Waals surface area contributed by atoms with E-state index in [1.807, 2.05) is 25.1 Å². The lowest BCUT2D eigenvalue weighted by Crippen LogP contribution is -2.68. The number of anilines is 1. The second-order valence-electron chi connectivity index (χ2n) is 7.70. The summed E-state index contributed by atoms with van der Waals surface area (Å²) in [6, 6.07) is 16.5. The number of amides is 1. The molecule has 4 nitrogen and oxygen atoms in total. The maximum absolute atomic E-state index is 12.4. The number of fused-ring (bicyclic) bond motifs is 3. The fourth-order valence-electron chi connectivity index (χ4n) is 4.41. The predicted octanol–water partition coefficient (Wildman–Crippen LogP) is 4.11. The van der Waals surface area contributed by atoms with Gasteiger partial charge in [-0.25, -0.2) is 0 Å². The van der Waals surface area contributed by atoms with Crippen molar-refractivity contribution in [3.63, 3.8) is 0 Å². The van der Waals surface area contributed by atoms with Crippen molar-refractivity contribution in [3.8, 4) is 5.75 Å². The maximum atomic E-state index is 12.4. The van der Waals surface area contributed by atoms with Gasteiger partial charge in [-0.2, -0.15) is 0 Å². The van der Waals surface area contributed by atoms with E-state index in [0.29, 0.717) is 13.0 Å². The normalized spacial score (nSPS) is 23.1. The number of nitrogens with zero attached hydrogens (tertiary/aromatic N) is 1. The molecule has 1 N–H and O–H groups in total. The lowest BCUT2D eigenvalue weighted by atomic mass is 9.74. The van der Waals surface area contributed by atoms with Crippen LogP contribution < -0.4 is 15.0 Å². The third kappa shape index (κ3) is 2.71. The minimum Gasteiger partial charge on any atom is -0.494 e. The first-order valence-corrected chi connectivity index (χ1v) is 9.58. The monoisotopic (exact) mass is 362 g/mol. The highest BCUT2D eigenvalue weighted by molar-refractivity contribution is 5.84. The zero-order valence-corrected chi connectivity index (χ0v) is 16.2.